The van der Waals surface area contributed by atoms with E-state index in [2.05, 4.69) is 44.8 Å². The summed E-state index contributed by atoms with van der Waals surface area (Å²) >= 11 is 2.05. The molecule has 0 atom stereocenters. The van der Waals surface area contributed by atoms with Crippen LogP contribution < -0.4 is 5.32 Å². The Kier molecular flexibility index (Phi) is 8.14. The molecule has 0 bridgehead atoms. The van der Waals surface area contributed by atoms with E-state index in [0.717, 1.165) is 17.7 Å². The lowest BCUT2D eigenvalue weighted by Gasteiger charge is -2.07. The molecule has 0 unspecified atom stereocenters. The fourth-order valence-electron chi connectivity index (χ4n) is 0.907. The fourth-order valence-corrected chi connectivity index (χ4v) is 1.69. The molecule has 0 aromatic rings. The molecule has 12 heavy (non-hydrogen) atoms. The summed E-state index contributed by atoms with van der Waals surface area (Å²) in [6.45, 7) is 11.3. The summed E-state index contributed by atoms with van der Waals surface area (Å²) in [4.78, 5) is 0. The summed E-state index contributed by atoms with van der Waals surface area (Å²) < 4.78 is 0. The highest BCUT2D eigenvalue weighted by molar-refractivity contribution is 7.99. The molecular formula is C10H23NS. The van der Waals surface area contributed by atoms with Crippen LogP contribution in [0.4, 0.5) is 0 Å². The molecule has 0 saturated carbocycles. The molecule has 0 rings (SSSR count). The highest BCUT2D eigenvalue weighted by Gasteiger charge is 1.94. The summed E-state index contributed by atoms with van der Waals surface area (Å²) in [7, 11) is 0. The van der Waals surface area contributed by atoms with Gasteiger partial charge >= 0.3 is 0 Å². The monoisotopic (exact) mass is 189 g/mol. The van der Waals surface area contributed by atoms with Crippen molar-refractivity contribution in [3.05, 3.63) is 0 Å². The Balaban J connectivity index is 2.91. The van der Waals surface area contributed by atoms with Gasteiger partial charge in [0.05, 0.1) is 0 Å². The van der Waals surface area contributed by atoms with Gasteiger partial charge in [-0.1, -0.05) is 27.7 Å². The molecule has 0 saturated heterocycles. The SMILES string of the molecule is CC(C)CNCCCSC(C)C. The molecule has 0 radical (unpaired) electrons. The van der Waals surface area contributed by atoms with Crippen molar-refractivity contribution in [2.45, 2.75) is 39.4 Å². The molecule has 0 spiro atoms. The topological polar surface area (TPSA) is 12.0 Å². The Morgan fingerprint density at radius 1 is 1.17 bits per heavy atom. The first-order chi connectivity index (χ1) is 5.63. The van der Waals surface area contributed by atoms with Crippen molar-refractivity contribution in [3.8, 4) is 0 Å². The lowest BCUT2D eigenvalue weighted by Crippen LogP contribution is -2.21. The summed E-state index contributed by atoms with van der Waals surface area (Å²) in [5.41, 5.74) is 0. The van der Waals surface area contributed by atoms with Crippen LogP contribution in [0.25, 0.3) is 0 Å². The molecule has 0 heterocycles. The smallest absolute Gasteiger partial charge is 0.000968 e. The number of hydrogen-bond acceptors (Lipinski definition) is 2. The molecule has 1 nitrogen and oxygen atoms in total. The minimum atomic E-state index is 0.780. The maximum atomic E-state index is 3.45. The van der Waals surface area contributed by atoms with Gasteiger partial charge in [-0.05, 0) is 36.4 Å². The third-order valence-corrected chi connectivity index (χ3v) is 2.69. The fraction of sp³-hybridized carbons (Fsp3) is 1.00. The van der Waals surface area contributed by atoms with Gasteiger partial charge in [0.15, 0.2) is 0 Å². The van der Waals surface area contributed by atoms with Crippen molar-refractivity contribution >= 4 is 11.8 Å². The number of nitrogens with one attached hydrogen (secondary N) is 1. The molecule has 0 aliphatic heterocycles. The second-order valence-corrected chi connectivity index (χ2v) is 5.56. The molecule has 0 aromatic carbocycles. The lowest BCUT2D eigenvalue weighted by atomic mass is 10.2. The van der Waals surface area contributed by atoms with Crippen LogP contribution in [0, 0.1) is 5.92 Å². The van der Waals surface area contributed by atoms with Crippen LogP contribution in [0.3, 0.4) is 0 Å². The molecule has 0 fully saturated rings. The zero-order valence-electron chi connectivity index (χ0n) is 8.89. The van der Waals surface area contributed by atoms with Crippen LogP contribution in [0.15, 0.2) is 0 Å². The average molecular weight is 189 g/mol. The summed E-state index contributed by atoms with van der Waals surface area (Å²) in [6, 6.07) is 0. The molecular weight excluding hydrogens is 166 g/mol. The van der Waals surface area contributed by atoms with E-state index in [-0.39, 0.29) is 0 Å². The standard InChI is InChI=1S/C10H23NS/c1-9(2)8-11-6-5-7-12-10(3)4/h9-11H,5-8H2,1-4H3. The minimum Gasteiger partial charge on any atom is -0.316 e. The van der Waals surface area contributed by atoms with E-state index in [9.17, 15) is 0 Å². The van der Waals surface area contributed by atoms with Crippen LogP contribution in [-0.2, 0) is 0 Å². The van der Waals surface area contributed by atoms with E-state index in [4.69, 9.17) is 0 Å². The van der Waals surface area contributed by atoms with Crippen LogP contribution in [0.2, 0.25) is 0 Å². The Morgan fingerprint density at radius 3 is 2.33 bits per heavy atom. The quantitative estimate of drug-likeness (QED) is 0.618. The van der Waals surface area contributed by atoms with E-state index >= 15 is 0 Å². The summed E-state index contributed by atoms with van der Waals surface area (Å²) in [5.74, 6) is 2.07. The predicted molar refractivity (Wildman–Crippen MR) is 59.9 cm³/mol. The van der Waals surface area contributed by atoms with Crippen molar-refractivity contribution in [2.24, 2.45) is 5.92 Å². The van der Waals surface area contributed by atoms with Crippen molar-refractivity contribution in [1.82, 2.24) is 5.32 Å². The molecule has 2 heteroatoms. The van der Waals surface area contributed by atoms with Crippen molar-refractivity contribution in [1.29, 1.82) is 0 Å². The Bertz CT molecular complexity index is 79.8. The number of thioether (sulfide) groups is 1. The number of rotatable bonds is 7. The van der Waals surface area contributed by atoms with Crippen molar-refractivity contribution in [3.63, 3.8) is 0 Å². The largest absolute Gasteiger partial charge is 0.316 e. The second-order valence-electron chi connectivity index (χ2n) is 3.87. The number of hydrogen-bond donors (Lipinski definition) is 1. The summed E-state index contributed by atoms with van der Waals surface area (Å²) in [6.07, 6.45) is 1.30. The first kappa shape index (κ1) is 12.3. The van der Waals surface area contributed by atoms with E-state index in [0.29, 0.717) is 0 Å². The van der Waals surface area contributed by atoms with E-state index in [1.54, 1.807) is 0 Å². The first-order valence-corrected chi connectivity index (χ1v) is 6.00. The van der Waals surface area contributed by atoms with Gasteiger partial charge in [-0.3, -0.25) is 0 Å². The van der Waals surface area contributed by atoms with Crippen LogP contribution in [-0.4, -0.2) is 24.1 Å². The third-order valence-electron chi connectivity index (χ3n) is 1.50. The normalized spacial score (nSPS) is 11.5. The van der Waals surface area contributed by atoms with Gasteiger partial charge in [0.2, 0.25) is 0 Å². The van der Waals surface area contributed by atoms with Crippen LogP contribution in [0.5, 0.6) is 0 Å². The van der Waals surface area contributed by atoms with Gasteiger partial charge in [-0.15, -0.1) is 0 Å². The maximum Gasteiger partial charge on any atom is -0.000968 e. The zero-order valence-corrected chi connectivity index (χ0v) is 9.71. The van der Waals surface area contributed by atoms with Gasteiger partial charge in [-0.25, -0.2) is 0 Å². The average Bonchev–Trinajstić information content (AvgIpc) is 1.95. The molecule has 0 aliphatic rings. The highest BCUT2D eigenvalue weighted by atomic mass is 32.2. The third kappa shape index (κ3) is 10.3. The molecule has 74 valence electrons. The van der Waals surface area contributed by atoms with Crippen molar-refractivity contribution < 1.29 is 0 Å². The maximum absolute atomic E-state index is 3.45. The van der Waals surface area contributed by atoms with Crippen LogP contribution in [0.1, 0.15) is 34.1 Å². The molecule has 0 aliphatic carbocycles. The van der Waals surface area contributed by atoms with Gasteiger partial charge in [0.1, 0.15) is 0 Å². The Morgan fingerprint density at radius 2 is 1.83 bits per heavy atom. The lowest BCUT2D eigenvalue weighted by molar-refractivity contribution is 0.551. The predicted octanol–water partition coefficient (Wildman–Crippen LogP) is 2.76. The van der Waals surface area contributed by atoms with Gasteiger partial charge in [0, 0.05) is 0 Å². The van der Waals surface area contributed by atoms with E-state index < -0.39 is 0 Å². The van der Waals surface area contributed by atoms with E-state index in [1.807, 2.05) is 0 Å². The van der Waals surface area contributed by atoms with Gasteiger partial charge < -0.3 is 5.32 Å². The van der Waals surface area contributed by atoms with Crippen LogP contribution >= 0.6 is 11.8 Å². The molecule has 0 aromatic heterocycles. The molecule has 0 amide bonds. The Hall–Kier alpha value is 0.310. The minimum absolute atomic E-state index is 0.780. The van der Waals surface area contributed by atoms with Crippen molar-refractivity contribution in [2.75, 3.05) is 18.8 Å². The highest BCUT2D eigenvalue weighted by Crippen LogP contribution is 2.09. The Labute approximate surface area is 81.7 Å². The van der Waals surface area contributed by atoms with Gasteiger partial charge in [-0.2, -0.15) is 11.8 Å². The van der Waals surface area contributed by atoms with Gasteiger partial charge in [0.25, 0.3) is 0 Å². The van der Waals surface area contributed by atoms with E-state index in [1.165, 1.54) is 18.7 Å². The summed E-state index contributed by atoms with van der Waals surface area (Å²) in [5, 5.41) is 4.23. The molecule has 1 N–H and O–H groups in total. The zero-order chi connectivity index (χ0) is 9.40. The first-order valence-electron chi connectivity index (χ1n) is 4.95. The second kappa shape index (κ2) is 7.93.